The van der Waals surface area contributed by atoms with Crippen molar-refractivity contribution in [3.63, 3.8) is 0 Å². The number of rotatable bonds is 2. The number of piperidine rings is 1. The van der Waals surface area contributed by atoms with Crippen LogP contribution in [0.25, 0.3) is 0 Å². The molecule has 2 N–H and O–H groups in total. The first-order valence-electron chi connectivity index (χ1n) is 6.14. The van der Waals surface area contributed by atoms with Crippen LogP contribution in [0.5, 0.6) is 0 Å². The molecular weight excluding hydrogens is 204 g/mol. The maximum atomic E-state index is 11.1. The number of hydrogen-bond donors (Lipinski definition) is 1. The maximum Gasteiger partial charge on any atom is 0.220 e. The Labute approximate surface area is 96.2 Å². The molecule has 0 unspecified atom stereocenters. The van der Waals surface area contributed by atoms with E-state index in [0.29, 0.717) is 5.41 Å². The fourth-order valence-electron chi connectivity index (χ4n) is 3.12. The fourth-order valence-corrected chi connectivity index (χ4v) is 3.12. The van der Waals surface area contributed by atoms with Crippen LogP contribution in [-0.4, -0.2) is 30.3 Å². The van der Waals surface area contributed by atoms with Crippen LogP contribution in [0.2, 0.25) is 0 Å². The number of amides is 2. The molecule has 0 atom stereocenters. The monoisotopic (exact) mass is 224 g/mol. The highest BCUT2D eigenvalue weighted by Gasteiger charge is 2.38. The van der Waals surface area contributed by atoms with Crippen molar-refractivity contribution in [1.29, 1.82) is 0 Å². The molecule has 0 aromatic carbocycles. The summed E-state index contributed by atoms with van der Waals surface area (Å²) in [4.78, 5) is 23.6. The van der Waals surface area contributed by atoms with Gasteiger partial charge < -0.3 is 10.6 Å². The summed E-state index contributed by atoms with van der Waals surface area (Å²) < 4.78 is 0. The number of nitrogens with two attached hydrogens (primary N) is 1. The molecule has 0 aromatic heterocycles. The normalized spacial score (nSPS) is 25.6. The molecule has 16 heavy (non-hydrogen) atoms. The highest BCUT2D eigenvalue weighted by Crippen LogP contribution is 2.45. The van der Waals surface area contributed by atoms with E-state index in [1.165, 1.54) is 0 Å². The van der Waals surface area contributed by atoms with Gasteiger partial charge >= 0.3 is 0 Å². The summed E-state index contributed by atoms with van der Waals surface area (Å²) in [6.45, 7) is 1.76. The van der Waals surface area contributed by atoms with Gasteiger partial charge in [-0.15, -0.1) is 0 Å². The molecule has 1 aliphatic carbocycles. The number of carbonyl (C=O) groups is 2. The van der Waals surface area contributed by atoms with Gasteiger partial charge in [0.15, 0.2) is 0 Å². The highest BCUT2D eigenvalue weighted by atomic mass is 16.1. The molecule has 0 aromatic rings. The van der Waals surface area contributed by atoms with Gasteiger partial charge in [0.1, 0.15) is 0 Å². The van der Waals surface area contributed by atoms with Gasteiger partial charge in [-0.2, -0.15) is 0 Å². The van der Waals surface area contributed by atoms with Crippen molar-refractivity contribution < 1.29 is 9.59 Å². The predicted molar refractivity (Wildman–Crippen MR) is 60.5 cm³/mol. The average molecular weight is 224 g/mol. The Bertz CT molecular complexity index is 273. The van der Waals surface area contributed by atoms with E-state index in [2.05, 4.69) is 0 Å². The summed E-state index contributed by atoms with van der Waals surface area (Å²) in [5.74, 6) is -0.0464. The van der Waals surface area contributed by atoms with Crippen LogP contribution in [-0.2, 0) is 9.59 Å². The smallest absolute Gasteiger partial charge is 0.220 e. The zero-order chi connectivity index (χ0) is 11.6. The van der Waals surface area contributed by atoms with Crippen LogP contribution in [0.15, 0.2) is 0 Å². The molecule has 1 spiro atoms. The van der Waals surface area contributed by atoms with E-state index in [-0.39, 0.29) is 11.8 Å². The molecule has 2 aliphatic rings. The van der Waals surface area contributed by atoms with Crippen molar-refractivity contribution in [3.05, 3.63) is 0 Å². The van der Waals surface area contributed by atoms with Crippen LogP contribution in [0, 0.1) is 11.3 Å². The minimum absolute atomic E-state index is 0.0923. The Hall–Kier alpha value is -1.06. The fraction of sp³-hybridized carbons (Fsp3) is 0.833. The Morgan fingerprint density at radius 2 is 1.75 bits per heavy atom. The van der Waals surface area contributed by atoms with Gasteiger partial charge in [-0.05, 0) is 43.9 Å². The molecule has 1 heterocycles. The third-order valence-corrected chi connectivity index (χ3v) is 4.46. The van der Waals surface area contributed by atoms with E-state index in [0.717, 1.165) is 58.0 Å². The highest BCUT2D eigenvalue weighted by molar-refractivity contribution is 5.76. The van der Waals surface area contributed by atoms with Crippen molar-refractivity contribution in [1.82, 2.24) is 4.90 Å². The summed E-state index contributed by atoms with van der Waals surface area (Å²) >= 11 is 0. The standard InChI is InChI=1S/C12H20N2O2/c13-11(16)10-1-3-12(4-2-10)5-7-14(9-15)8-6-12/h9-10H,1-8H2,(H2,13,16). The topological polar surface area (TPSA) is 63.4 Å². The number of likely N-dealkylation sites (tertiary alicyclic amines) is 1. The van der Waals surface area contributed by atoms with Gasteiger partial charge in [0.05, 0.1) is 0 Å². The average Bonchev–Trinajstić information content (AvgIpc) is 2.31. The molecular formula is C12H20N2O2. The van der Waals surface area contributed by atoms with Crippen molar-refractivity contribution in [2.24, 2.45) is 17.1 Å². The second-order valence-corrected chi connectivity index (χ2v) is 5.32. The summed E-state index contributed by atoms with van der Waals surface area (Å²) in [7, 11) is 0. The molecule has 0 radical (unpaired) electrons. The zero-order valence-electron chi connectivity index (χ0n) is 9.65. The van der Waals surface area contributed by atoms with Gasteiger partial charge in [0.2, 0.25) is 12.3 Å². The van der Waals surface area contributed by atoms with Gasteiger partial charge in [-0.1, -0.05) is 0 Å². The van der Waals surface area contributed by atoms with Crippen molar-refractivity contribution in [3.8, 4) is 0 Å². The Kier molecular flexibility index (Phi) is 3.17. The largest absolute Gasteiger partial charge is 0.369 e. The molecule has 2 amide bonds. The molecule has 90 valence electrons. The lowest BCUT2D eigenvalue weighted by Crippen LogP contribution is -2.42. The van der Waals surface area contributed by atoms with E-state index in [1.54, 1.807) is 0 Å². The minimum atomic E-state index is -0.139. The van der Waals surface area contributed by atoms with Crippen LogP contribution < -0.4 is 5.73 Å². The molecule has 0 bridgehead atoms. The van der Waals surface area contributed by atoms with E-state index in [4.69, 9.17) is 5.73 Å². The predicted octanol–water partition coefficient (Wildman–Crippen LogP) is 0.900. The molecule has 4 heteroatoms. The van der Waals surface area contributed by atoms with Crippen molar-refractivity contribution in [2.75, 3.05) is 13.1 Å². The quantitative estimate of drug-likeness (QED) is 0.708. The number of primary amides is 1. The lowest BCUT2D eigenvalue weighted by molar-refractivity contribution is -0.124. The first kappa shape index (κ1) is 11.4. The lowest BCUT2D eigenvalue weighted by Gasteiger charge is -2.44. The SMILES string of the molecule is NC(=O)C1CCC2(CC1)CCN(C=O)CC2. The second-order valence-electron chi connectivity index (χ2n) is 5.32. The van der Waals surface area contributed by atoms with E-state index >= 15 is 0 Å². The minimum Gasteiger partial charge on any atom is -0.369 e. The van der Waals surface area contributed by atoms with E-state index < -0.39 is 0 Å². The first-order valence-corrected chi connectivity index (χ1v) is 6.14. The number of hydrogen-bond acceptors (Lipinski definition) is 2. The van der Waals surface area contributed by atoms with Gasteiger partial charge in [0.25, 0.3) is 0 Å². The zero-order valence-corrected chi connectivity index (χ0v) is 9.65. The molecule has 1 saturated heterocycles. The van der Waals surface area contributed by atoms with Crippen LogP contribution in [0.3, 0.4) is 0 Å². The number of carbonyl (C=O) groups excluding carboxylic acids is 2. The third-order valence-electron chi connectivity index (χ3n) is 4.46. The maximum absolute atomic E-state index is 11.1. The van der Waals surface area contributed by atoms with Crippen LogP contribution in [0.1, 0.15) is 38.5 Å². The number of nitrogens with zero attached hydrogens (tertiary/aromatic N) is 1. The van der Waals surface area contributed by atoms with Gasteiger partial charge in [0, 0.05) is 19.0 Å². The molecule has 2 fully saturated rings. The summed E-state index contributed by atoms with van der Waals surface area (Å²) in [6, 6.07) is 0. The van der Waals surface area contributed by atoms with E-state index in [1.807, 2.05) is 4.90 Å². The van der Waals surface area contributed by atoms with E-state index in [9.17, 15) is 9.59 Å². The molecule has 1 saturated carbocycles. The van der Waals surface area contributed by atoms with Crippen LogP contribution in [0.4, 0.5) is 0 Å². The molecule has 1 aliphatic heterocycles. The van der Waals surface area contributed by atoms with Crippen LogP contribution >= 0.6 is 0 Å². The summed E-state index contributed by atoms with van der Waals surface area (Å²) in [5, 5.41) is 0. The van der Waals surface area contributed by atoms with Gasteiger partial charge in [-0.25, -0.2) is 0 Å². The Morgan fingerprint density at radius 1 is 1.19 bits per heavy atom. The third kappa shape index (κ3) is 2.20. The second kappa shape index (κ2) is 4.44. The molecule has 2 rings (SSSR count). The molecule has 4 nitrogen and oxygen atoms in total. The summed E-state index contributed by atoms with van der Waals surface area (Å²) in [5.41, 5.74) is 5.73. The summed E-state index contributed by atoms with van der Waals surface area (Å²) in [6.07, 6.45) is 7.23. The van der Waals surface area contributed by atoms with Crippen molar-refractivity contribution >= 4 is 12.3 Å². The van der Waals surface area contributed by atoms with Gasteiger partial charge in [-0.3, -0.25) is 9.59 Å². The first-order chi connectivity index (χ1) is 7.65. The van der Waals surface area contributed by atoms with Crippen molar-refractivity contribution in [2.45, 2.75) is 38.5 Å². The Balaban J connectivity index is 1.88. The lowest BCUT2D eigenvalue weighted by atomic mass is 9.65. The Morgan fingerprint density at radius 3 is 2.19 bits per heavy atom.